The Morgan fingerprint density at radius 3 is 2.64 bits per heavy atom. The van der Waals surface area contributed by atoms with Crippen LogP contribution in [0.5, 0.6) is 0 Å². The highest BCUT2D eigenvalue weighted by molar-refractivity contribution is 7.80. The fraction of sp³-hybridized carbons (Fsp3) is 0.533. The van der Waals surface area contributed by atoms with E-state index >= 15 is 0 Å². The smallest absolute Gasteiger partial charge is 0.287 e. The van der Waals surface area contributed by atoms with Gasteiger partial charge in [0.15, 0.2) is 10.9 Å². The molecule has 1 aliphatic rings. The zero-order valence-electron chi connectivity index (χ0n) is 13.4. The third-order valence-electron chi connectivity index (χ3n) is 3.32. The number of nitrogens with two attached hydrogens (primary N) is 1. The van der Waals surface area contributed by atoms with Crippen LogP contribution in [0.4, 0.5) is 0 Å². The monoisotopic (exact) mass is 322 g/mol. The Balaban J connectivity index is 2.37. The molecule has 4 N–H and O–H groups in total. The van der Waals surface area contributed by atoms with Crippen LogP contribution in [-0.2, 0) is 6.42 Å². The summed E-state index contributed by atoms with van der Waals surface area (Å²) in [6, 6.07) is 0. The van der Waals surface area contributed by atoms with Crippen LogP contribution < -0.4 is 16.5 Å². The van der Waals surface area contributed by atoms with Crippen LogP contribution >= 0.6 is 12.2 Å². The van der Waals surface area contributed by atoms with E-state index in [4.69, 9.17) is 22.4 Å². The van der Waals surface area contributed by atoms with Gasteiger partial charge in [0, 0.05) is 23.1 Å². The molecule has 2 rings (SSSR count). The van der Waals surface area contributed by atoms with E-state index in [0.717, 1.165) is 41.9 Å². The lowest BCUT2D eigenvalue weighted by Crippen LogP contribution is -2.40. The van der Waals surface area contributed by atoms with Crippen molar-refractivity contribution in [3.05, 3.63) is 22.6 Å². The fourth-order valence-electron chi connectivity index (χ4n) is 2.52. The second-order valence-electron chi connectivity index (χ2n) is 6.45. The molecule has 0 spiro atoms. The molecule has 1 heterocycles. The number of nitrogens with zero attached hydrogens (tertiary/aromatic N) is 1. The van der Waals surface area contributed by atoms with Gasteiger partial charge in [0.25, 0.3) is 5.91 Å². The first-order valence-electron chi connectivity index (χ1n) is 7.26. The lowest BCUT2D eigenvalue weighted by molar-refractivity contribution is 0.0888. The minimum Gasteiger partial charge on any atom is -0.455 e. The molecule has 0 radical (unpaired) electrons. The van der Waals surface area contributed by atoms with Crippen molar-refractivity contribution in [2.24, 2.45) is 10.8 Å². The lowest BCUT2D eigenvalue weighted by atomic mass is 9.93. The second-order valence-corrected chi connectivity index (χ2v) is 6.89. The maximum absolute atomic E-state index is 12.4. The summed E-state index contributed by atoms with van der Waals surface area (Å²) in [4.78, 5) is 12.4. The van der Waals surface area contributed by atoms with Gasteiger partial charge in [0.1, 0.15) is 5.76 Å². The number of amides is 1. The molecule has 1 amide bonds. The van der Waals surface area contributed by atoms with Gasteiger partial charge in [-0.2, -0.15) is 5.10 Å². The van der Waals surface area contributed by atoms with E-state index in [0.29, 0.717) is 5.76 Å². The summed E-state index contributed by atoms with van der Waals surface area (Å²) < 4.78 is 5.80. The van der Waals surface area contributed by atoms with E-state index in [1.165, 1.54) is 0 Å². The molecule has 1 aromatic heterocycles. The zero-order chi connectivity index (χ0) is 16.5. The van der Waals surface area contributed by atoms with E-state index in [1.54, 1.807) is 0 Å². The summed E-state index contributed by atoms with van der Waals surface area (Å²) >= 11 is 4.77. The number of rotatable bonds is 2. The Morgan fingerprint density at radius 2 is 2.05 bits per heavy atom. The van der Waals surface area contributed by atoms with Crippen molar-refractivity contribution in [1.29, 1.82) is 0 Å². The molecular weight excluding hydrogens is 300 g/mol. The normalized spacial score (nSPS) is 16.3. The Bertz CT molecular complexity index is 641. The Hall–Kier alpha value is -1.89. The third-order valence-corrected chi connectivity index (χ3v) is 3.41. The topological polar surface area (TPSA) is 92.6 Å². The molecular formula is C15H22N4O2S. The van der Waals surface area contributed by atoms with Crippen molar-refractivity contribution in [2.45, 2.75) is 52.5 Å². The fourth-order valence-corrected chi connectivity index (χ4v) is 2.56. The van der Waals surface area contributed by atoms with E-state index in [2.05, 4.69) is 15.8 Å². The molecule has 1 aromatic rings. The number of aryl methyl sites for hydroxylation is 1. The lowest BCUT2D eigenvalue weighted by Gasteiger charge is -2.19. The Morgan fingerprint density at radius 1 is 1.36 bits per heavy atom. The Labute approximate surface area is 135 Å². The van der Waals surface area contributed by atoms with Gasteiger partial charge in [-0.1, -0.05) is 0 Å². The SMILES string of the molecule is Cc1c(C(=O)NC(C)(C)C)oc2c1/C(=N/NC(N)=S)CCC2. The average molecular weight is 322 g/mol. The summed E-state index contributed by atoms with van der Waals surface area (Å²) in [7, 11) is 0. The van der Waals surface area contributed by atoms with Gasteiger partial charge in [-0.05, 0) is 52.8 Å². The highest BCUT2D eigenvalue weighted by Crippen LogP contribution is 2.30. The highest BCUT2D eigenvalue weighted by Gasteiger charge is 2.29. The van der Waals surface area contributed by atoms with E-state index < -0.39 is 0 Å². The van der Waals surface area contributed by atoms with Crippen LogP contribution in [0.1, 0.15) is 61.1 Å². The molecule has 0 saturated heterocycles. The third kappa shape index (κ3) is 3.65. The van der Waals surface area contributed by atoms with Crippen LogP contribution in [0.3, 0.4) is 0 Å². The minimum absolute atomic E-state index is 0.117. The molecule has 1 aliphatic carbocycles. The first-order chi connectivity index (χ1) is 10.2. The summed E-state index contributed by atoms with van der Waals surface area (Å²) in [5.74, 6) is 0.942. The van der Waals surface area contributed by atoms with E-state index in [9.17, 15) is 4.79 Å². The van der Waals surface area contributed by atoms with Gasteiger partial charge in [-0.3, -0.25) is 10.2 Å². The first-order valence-corrected chi connectivity index (χ1v) is 7.67. The minimum atomic E-state index is -0.318. The van der Waals surface area contributed by atoms with Crippen LogP contribution in [0.2, 0.25) is 0 Å². The maximum atomic E-state index is 12.4. The van der Waals surface area contributed by atoms with Crippen molar-refractivity contribution < 1.29 is 9.21 Å². The number of nitrogens with one attached hydrogen (secondary N) is 2. The molecule has 0 saturated carbocycles. The number of carbonyl (C=O) groups excluding carboxylic acids is 1. The van der Waals surface area contributed by atoms with Gasteiger partial charge in [0.2, 0.25) is 0 Å². The standard InChI is InChI=1S/C15H22N4O2S/c1-8-11-9(18-19-14(16)22)6-5-7-10(11)21-12(8)13(20)17-15(2,3)4/h5-7H2,1-4H3,(H,17,20)(H3,16,19,22)/b18-9+. The van der Waals surface area contributed by atoms with Crippen molar-refractivity contribution >= 4 is 28.9 Å². The first kappa shape index (κ1) is 16.5. The molecule has 0 fully saturated rings. The number of hydrogen-bond acceptors (Lipinski definition) is 4. The van der Waals surface area contributed by atoms with E-state index in [1.807, 2.05) is 27.7 Å². The van der Waals surface area contributed by atoms with Gasteiger partial charge in [-0.15, -0.1) is 0 Å². The van der Waals surface area contributed by atoms with E-state index in [-0.39, 0.29) is 16.6 Å². The molecule has 0 aliphatic heterocycles. The zero-order valence-corrected chi connectivity index (χ0v) is 14.2. The number of thiocarbonyl (C=S) groups is 1. The van der Waals surface area contributed by atoms with Crippen LogP contribution in [0.15, 0.2) is 9.52 Å². The highest BCUT2D eigenvalue weighted by atomic mass is 32.1. The van der Waals surface area contributed by atoms with Gasteiger partial charge < -0.3 is 15.5 Å². The molecule has 0 unspecified atom stereocenters. The molecule has 0 aromatic carbocycles. The van der Waals surface area contributed by atoms with Crippen molar-refractivity contribution in [2.75, 3.05) is 0 Å². The quantitative estimate of drug-likeness (QED) is 0.572. The summed E-state index contributed by atoms with van der Waals surface area (Å²) in [5.41, 5.74) is 10.2. The number of furan rings is 1. The van der Waals surface area contributed by atoms with Crippen LogP contribution in [-0.4, -0.2) is 22.3 Å². The summed E-state index contributed by atoms with van der Waals surface area (Å²) in [5, 5.41) is 7.28. The number of carbonyl (C=O) groups is 1. The predicted molar refractivity (Wildman–Crippen MR) is 90.1 cm³/mol. The van der Waals surface area contributed by atoms with Crippen molar-refractivity contribution in [1.82, 2.24) is 10.7 Å². The molecule has 0 bridgehead atoms. The summed E-state index contributed by atoms with van der Waals surface area (Å²) in [6.45, 7) is 7.67. The molecule has 6 nitrogen and oxygen atoms in total. The number of hydrazone groups is 1. The van der Waals surface area contributed by atoms with Crippen molar-refractivity contribution in [3.8, 4) is 0 Å². The average Bonchev–Trinajstić information content (AvgIpc) is 2.72. The van der Waals surface area contributed by atoms with Crippen molar-refractivity contribution in [3.63, 3.8) is 0 Å². The van der Waals surface area contributed by atoms with Gasteiger partial charge in [0.05, 0.1) is 5.71 Å². The molecule has 0 atom stereocenters. The molecule has 120 valence electrons. The summed E-state index contributed by atoms with van der Waals surface area (Å²) in [6.07, 6.45) is 2.51. The van der Waals surface area contributed by atoms with Crippen LogP contribution in [0, 0.1) is 6.92 Å². The maximum Gasteiger partial charge on any atom is 0.287 e. The molecule has 7 heteroatoms. The molecule has 22 heavy (non-hydrogen) atoms. The van der Waals surface area contributed by atoms with Gasteiger partial charge in [-0.25, -0.2) is 0 Å². The van der Waals surface area contributed by atoms with Crippen LogP contribution in [0.25, 0.3) is 0 Å². The second kappa shape index (κ2) is 6.08. The van der Waals surface area contributed by atoms with Gasteiger partial charge >= 0.3 is 0 Å². The number of fused-ring (bicyclic) bond motifs is 1. The Kier molecular flexibility index (Phi) is 4.55. The largest absolute Gasteiger partial charge is 0.455 e. The number of hydrogen-bond donors (Lipinski definition) is 3. The predicted octanol–water partition coefficient (Wildman–Crippen LogP) is 1.99.